The minimum absolute atomic E-state index is 0. The van der Waals surface area contributed by atoms with Crippen molar-refractivity contribution >= 4 is 52.5 Å². The van der Waals surface area contributed by atoms with Gasteiger partial charge in [0.15, 0.2) is 5.58 Å². The van der Waals surface area contributed by atoms with Gasteiger partial charge in [-0.2, -0.15) is 0 Å². The Morgan fingerprint density at radius 2 is 1.96 bits per heavy atom. The molecule has 126 valence electrons. The maximum Gasteiger partial charge on any atom is 0.349 e. The van der Waals surface area contributed by atoms with E-state index in [9.17, 15) is 9.59 Å². The number of carbonyl (C=O) groups excluding carboxylic acids is 1. The van der Waals surface area contributed by atoms with Gasteiger partial charge in [-0.3, -0.25) is 4.79 Å². The van der Waals surface area contributed by atoms with E-state index >= 15 is 0 Å². The molecule has 0 radical (unpaired) electrons. The van der Waals surface area contributed by atoms with E-state index < -0.39 is 11.5 Å². The summed E-state index contributed by atoms with van der Waals surface area (Å²) in [4.78, 5) is 26.0. The number of hydrogen-bond acceptors (Lipinski definition) is 4. The number of carbonyl (C=O) groups is 1. The maximum absolute atomic E-state index is 12.1. The molecule has 0 aliphatic heterocycles. The highest BCUT2D eigenvalue weighted by Crippen LogP contribution is 2.27. The van der Waals surface area contributed by atoms with Crippen LogP contribution in [0.1, 0.15) is 16.8 Å². The van der Waals surface area contributed by atoms with Crippen molar-refractivity contribution in [3.8, 4) is 0 Å². The first-order valence-electron chi connectivity index (χ1n) is 6.74. The van der Waals surface area contributed by atoms with Crippen molar-refractivity contribution in [1.82, 2.24) is 10.2 Å². The van der Waals surface area contributed by atoms with Crippen molar-refractivity contribution in [2.45, 2.75) is 6.42 Å². The summed E-state index contributed by atoms with van der Waals surface area (Å²) in [5.41, 5.74) is -0.558. The third kappa shape index (κ3) is 5.11. The van der Waals surface area contributed by atoms with Gasteiger partial charge in [-0.05, 0) is 45.3 Å². The summed E-state index contributed by atoms with van der Waals surface area (Å²) in [7, 11) is 3.90. The van der Waals surface area contributed by atoms with Crippen LogP contribution in [0, 0.1) is 0 Å². The summed E-state index contributed by atoms with van der Waals surface area (Å²) < 4.78 is 5.13. The van der Waals surface area contributed by atoms with Crippen molar-refractivity contribution in [2.24, 2.45) is 0 Å². The lowest BCUT2D eigenvalue weighted by molar-refractivity contribution is 0.0949. The van der Waals surface area contributed by atoms with E-state index in [-0.39, 0.29) is 28.6 Å². The van der Waals surface area contributed by atoms with Gasteiger partial charge >= 0.3 is 5.63 Å². The molecule has 0 spiro atoms. The minimum Gasteiger partial charge on any atom is -0.421 e. The summed E-state index contributed by atoms with van der Waals surface area (Å²) >= 11 is 11.9. The highest BCUT2D eigenvalue weighted by atomic mass is 35.5. The second-order valence-electron chi connectivity index (χ2n) is 5.17. The number of nitrogens with zero attached hydrogens (tertiary/aromatic N) is 1. The predicted octanol–water partition coefficient (Wildman–Crippen LogP) is 3.20. The lowest BCUT2D eigenvalue weighted by Gasteiger charge is -2.09. The Labute approximate surface area is 149 Å². The standard InChI is InChI=1S/C15H16Cl2N2O3.ClH/c1-19(2)5-3-4-18-14(20)11-7-9-6-10(16)8-12(17)13(9)22-15(11)21;/h6-8H,3-5H2,1-2H3,(H,18,20);1H. The van der Waals surface area contributed by atoms with Gasteiger partial charge in [-0.25, -0.2) is 4.79 Å². The zero-order valence-electron chi connectivity index (χ0n) is 12.7. The molecule has 8 heteroatoms. The molecule has 0 aliphatic rings. The topological polar surface area (TPSA) is 62.6 Å². The monoisotopic (exact) mass is 378 g/mol. The average molecular weight is 380 g/mol. The first kappa shape index (κ1) is 19.8. The lowest BCUT2D eigenvalue weighted by Crippen LogP contribution is -2.30. The molecule has 5 nitrogen and oxygen atoms in total. The number of amides is 1. The molecule has 0 aliphatic carbocycles. The van der Waals surface area contributed by atoms with Gasteiger partial charge in [0, 0.05) is 17.0 Å². The second kappa shape index (κ2) is 8.55. The molecule has 23 heavy (non-hydrogen) atoms. The fourth-order valence-electron chi connectivity index (χ4n) is 2.01. The Morgan fingerprint density at radius 3 is 2.61 bits per heavy atom. The van der Waals surface area contributed by atoms with Crippen molar-refractivity contribution in [1.29, 1.82) is 0 Å². The first-order chi connectivity index (χ1) is 10.4. The number of nitrogens with one attached hydrogen (secondary N) is 1. The van der Waals surface area contributed by atoms with Gasteiger partial charge < -0.3 is 14.6 Å². The van der Waals surface area contributed by atoms with Crippen LogP contribution < -0.4 is 10.9 Å². The van der Waals surface area contributed by atoms with Gasteiger partial charge in [-0.15, -0.1) is 12.4 Å². The molecule has 1 N–H and O–H groups in total. The van der Waals surface area contributed by atoms with Crippen LogP contribution in [0.3, 0.4) is 0 Å². The Balaban J connectivity index is 0.00000264. The fourth-order valence-corrected chi connectivity index (χ4v) is 2.56. The molecular weight excluding hydrogens is 363 g/mol. The molecule has 0 bridgehead atoms. The summed E-state index contributed by atoms with van der Waals surface area (Å²) in [6.07, 6.45) is 0.787. The van der Waals surface area contributed by atoms with Crippen molar-refractivity contribution in [3.05, 3.63) is 44.2 Å². The van der Waals surface area contributed by atoms with Gasteiger partial charge in [0.2, 0.25) is 0 Å². The van der Waals surface area contributed by atoms with E-state index in [1.165, 1.54) is 12.1 Å². The summed E-state index contributed by atoms with van der Waals surface area (Å²) in [6.45, 7) is 1.32. The van der Waals surface area contributed by atoms with Gasteiger partial charge in [0.25, 0.3) is 5.91 Å². The van der Waals surface area contributed by atoms with E-state index in [1.54, 1.807) is 6.07 Å². The lowest BCUT2D eigenvalue weighted by atomic mass is 10.1. The average Bonchev–Trinajstić information content (AvgIpc) is 2.43. The highest BCUT2D eigenvalue weighted by Gasteiger charge is 2.15. The quantitative estimate of drug-likeness (QED) is 0.640. The van der Waals surface area contributed by atoms with E-state index in [2.05, 4.69) is 5.32 Å². The van der Waals surface area contributed by atoms with Crippen LogP contribution in [0.4, 0.5) is 0 Å². The normalized spacial score (nSPS) is 10.7. The largest absolute Gasteiger partial charge is 0.421 e. The zero-order chi connectivity index (χ0) is 16.3. The third-order valence-electron chi connectivity index (χ3n) is 3.06. The third-order valence-corrected chi connectivity index (χ3v) is 3.56. The molecule has 1 heterocycles. The fraction of sp³-hybridized carbons (Fsp3) is 0.333. The maximum atomic E-state index is 12.1. The summed E-state index contributed by atoms with van der Waals surface area (Å²) in [5.74, 6) is -0.467. The molecule has 0 saturated carbocycles. The first-order valence-corrected chi connectivity index (χ1v) is 7.50. The zero-order valence-corrected chi connectivity index (χ0v) is 15.0. The number of rotatable bonds is 5. The van der Waals surface area contributed by atoms with E-state index in [0.717, 1.165) is 13.0 Å². The number of benzene rings is 1. The van der Waals surface area contributed by atoms with Crippen LogP contribution in [-0.4, -0.2) is 38.0 Å². The molecule has 0 atom stereocenters. The molecule has 2 rings (SSSR count). The van der Waals surface area contributed by atoms with Crippen LogP contribution in [0.25, 0.3) is 11.0 Å². The van der Waals surface area contributed by atoms with Crippen LogP contribution in [0.15, 0.2) is 27.4 Å². The second-order valence-corrected chi connectivity index (χ2v) is 6.01. The molecule has 1 amide bonds. The number of halogens is 3. The minimum atomic E-state index is -0.721. The van der Waals surface area contributed by atoms with Crippen molar-refractivity contribution in [3.63, 3.8) is 0 Å². The molecule has 0 saturated heterocycles. The van der Waals surface area contributed by atoms with Crippen molar-refractivity contribution in [2.75, 3.05) is 27.2 Å². The Hall–Kier alpha value is -1.27. The molecular formula is C15H17Cl3N2O3. The van der Waals surface area contributed by atoms with E-state index in [0.29, 0.717) is 17.0 Å². The number of hydrogen-bond donors (Lipinski definition) is 1. The SMILES string of the molecule is CN(C)CCCNC(=O)c1cc2cc(Cl)cc(Cl)c2oc1=O.Cl. The van der Waals surface area contributed by atoms with Gasteiger partial charge in [0.1, 0.15) is 5.56 Å². The van der Waals surface area contributed by atoms with Gasteiger partial charge in [-0.1, -0.05) is 23.2 Å². The Kier molecular flexibility index (Phi) is 7.35. The highest BCUT2D eigenvalue weighted by molar-refractivity contribution is 6.38. The Morgan fingerprint density at radius 1 is 1.26 bits per heavy atom. The van der Waals surface area contributed by atoms with E-state index in [4.69, 9.17) is 27.6 Å². The summed E-state index contributed by atoms with van der Waals surface area (Å²) in [6, 6.07) is 4.52. The molecule has 2 aromatic rings. The van der Waals surface area contributed by atoms with Gasteiger partial charge in [0.05, 0.1) is 5.02 Å². The van der Waals surface area contributed by atoms with Crippen LogP contribution in [0.5, 0.6) is 0 Å². The van der Waals surface area contributed by atoms with Crippen LogP contribution in [0.2, 0.25) is 10.0 Å². The van der Waals surface area contributed by atoms with Crippen LogP contribution in [-0.2, 0) is 0 Å². The molecule has 1 aromatic carbocycles. The molecule has 1 aromatic heterocycles. The predicted molar refractivity (Wildman–Crippen MR) is 95.3 cm³/mol. The molecule has 0 unspecified atom stereocenters. The molecule has 0 fully saturated rings. The Bertz CT molecular complexity index is 759. The van der Waals surface area contributed by atoms with Crippen molar-refractivity contribution < 1.29 is 9.21 Å². The summed E-state index contributed by atoms with van der Waals surface area (Å²) in [5, 5.41) is 3.85. The smallest absolute Gasteiger partial charge is 0.349 e. The van der Waals surface area contributed by atoms with E-state index in [1.807, 2.05) is 19.0 Å². The van der Waals surface area contributed by atoms with Crippen LogP contribution >= 0.6 is 35.6 Å². The number of fused-ring (bicyclic) bond motifs is 1.